The monoisotopic (exact) mass is 387 g/mol. The normalized spacial score (nSPS) is 14.0. The summed E-state index contributed by atoms with van der Waals surface area (Å²) < 4.78 is 5.08. The van der Waals surface area contributed by atoms with Crippen molar-refractivity contribution in [3.8, 4) is 0 Å². The lowest BCUT2D eigenvalue weighted by Gasteiger charge is -2.01. The average Bonchev–Trinajstić information content (AvgIpc) is 3.07. The van der Waals surface area contributed by atoms with Gasteiger partial charge in [0.2, 0.25) is 0 Å². The van der Waals surface area contributed by atoms with Gasteiger partial charge < -0.3 is 9.72 Å². The molecule has 0 aliphatic heterocycles. The Labute approximate surface area is 163 Å². The van der Waals surface area contributed by atoms with Crippen molar-refractivity contribution in [1.29, 1.82) is 0 Å². The van der Waals surface area contributed by atoms with Crippen LogP contribution in [0, 0.1) is 13.8 Å². The first-order valence-corrected chi connectivity index (χ1v) is 10.1. The molecule has 0 spiro atoms. The fraction of sp³-hybridized carbons (Fsp3) is 0.450. The predicted molar refractivity (Wildman–Crippen MR) is 107 cm³/mol. The Bertz CT molecular complexity index is 856. The van der Waals surface area contributed by atoms with E-state index in [9.17, 15) is 9.59 Å². The van der Waals surface area contributed by atoms with Gasteiger partial charge in [-0.1, -0.05) is 6.42 Å². The molecule has 0 radical (unpaired) electrons. The molecule has 0 saturated carbocycles. The Morgan fingerprint density at radius 1 is 1.30 bits per heavy atom. The number of hydrogen-bond donors (Lipinski definition) is 2. The van der Waals surface area contributed by atoms with Gasteiger partial charge >= 0.3 is 5.97 Å². The maximum Gasteiger partial charge on any atom is 0.340 e. The van der Waals surface area contributed by atoms with Crippen LogP contribution in [0.1, 0.15) is 73.6 Å². The number of carbonyl (C=O) groups is 2. The van der Waals surface area contributed by atoms with Crippen molar-refractivity contribution in [2.45, 2.75) is 52.9 Å². The number of hydrazone groups is 1. The molecule has 1 amide bonds. The van der Waals surface area contributed by atoms with E-state index in [2.05, 4.69) is 15.5 Å². The molecule has 6 nitrogen and oxygen atoms in total. The maximum absolute atomic E-state index is 12.4. The van der Waals surface area contributed by atoms with Crippen molar-refractivity contribution in [3.63, 3.8) is 0 Å². The van der Waals surface area contributed by atoms with Crippen LogP contribution in [0.2, 0.25) is 0 Å². The van der Waals surface area contributed by atoms with Gasteiger partial charge in [-0.3, -0.25) is 4.79 Å². The Morgan fingerprint density at radius 2 is 2.07 bits per heavy atom. The van der Waals surface area contributed by atoms with E-state index < -0.39 is 0 Å². The van der Waals surface area contributed by atoms with Crippen LogP contribution in [0.25, 0.3) is 0 Å². The molecular weight excluding hydrogens is 362 g/mol. The topological polar surface area (TPSA) is 83.6 Å². The van der Waals surface area contributed by atoms with Crippen LogP contribution in [0.4, 0.5) is 0 Å². The summed E-state index contributed by atoms with van der Waals surface area (Å²) in [4.78, 5) is 29.6. The van der Waals surface area contributed by atoms with Crippen LogP contribution in [-0.4, -0.2) is 29.7 Å². The summed E-state index contributed by atoms with van der Waals surface area (Å²) >= 11 is 1.57. The molecule has 0 saturated heterocycles. The zero-order chi connectivity index (χ0) is 19.4. The van der Waals surface area contributed by atoms with Crippen molar-refractivity contribution in [2.75, 3.05) is 6.61 Å². The van der Waals surface area contributed by atoms with Gasteiger partial charge in [-0.2, -0.15) is 5.10 Å². The van der Waals surface area contributed by atoms with E-state index in [0.717, 1.165) is 24.1 Å². The van der Waals surface area contributed by atoms with Crippen molar-refractivity contribution in [3.05, 3.63) is 43.9 Å². The highest BCUT2D eigenvalue weighted by atomic mass is 32.1. The number of esters is 1. The number of amides is 1. The molecule has 0 fully saturated rings. The Kier molecular flexibility index (Phi) is 6.11. The van der Waals surface area contributed by atoms with Crippen LogP contribution >= 0.6 is 11.3 Å². The lowest BCUT2D eigenvalue weighted by molar-refractivity contribution is 0.0525. The zero-order valence-corrected chi connectivity index (χ0v) is 16.8. The second-order valence-electron chi connectivity index (χ2n) is 6.70. The number of nitrogens with zero attached hydrogens (tertiary/aromatic N) is 1. The molecule has 0 atom stereocenters. The minimum absolute atomic E-state index is 0.198. The number of ether oxygens (including phenoxy) is 1. The van der Waals surface area contributed by atoms with E-state index in [-0.39, 0.29) is 11.9 Å². The third kappa shape index (κ3) is 4.30. The molecule has 2 heterocycles. The Balaban J connectivity index is 1.68. The van der Waals surface area contributed by atoms with Crippen molar-refractivity contribution >= 4 is 29.4 Å². The number of aryl methyl sites for hydroxylation is 3. The fourth-order valence-electron chi connectivity index (χ4n) is 3.40. The lowest BCUT2D eigenvalue weighted by Crippen LogP contribution is -2.16. The summed E-state index contributed by atoms with van der Waals surface area (Å²) in [7, 11) is 0. The standard InChI is InChI=1S/C20H25N3O3S/c1-4-26-20(25)18-12(2)15(22-13(18)3)11-21-23-19(24)17-10-14-8-6-5-7-9-16(14)27-17/h10-11,22H,4-9H2,1-3H3,(H,23,24)/b21-11+. The smallest absolute Gasteiger partial charge is 0.340 e. The second-order valence-corrected chi connectivity index (χ2v) is 7.84. The molecule has 2 aromatic heterocycles. The number of aromatic nitrogens is 1. The van der Waals surface area contributed by atoms with Crippen LogP contribution in [0.15, 0.2) is 11.2 Å². The van der Waals surface area contributed by atoms with Crippen molar-refractivity contribution in [2.24, 2.45) is 5.10 Å². The molecule has 3 rings (SSSR count). The molecule has 27 heavy (non-hydrogen) atoms. The number of thiophene rings is 1. The number of rotatable bonds is 5. The molecule has 0 bridgehead atoms. The van der Waals surface area contributed by atoms with Gasteiger partial charge in [0.25, 0.3) is 5.91 Å². The van der Waals surface area contributed by atoms with Gasteiger partial charge in [0.1, 0.15) is 0 Å². The number of H-pyrrole nitrogens is 1. The SMILES string of the molecule is CCOC(=O)c1c(C)[nH]c(/C=N/NC(=O)c2cc3c(s2)CCCCC3)c1C. The highest BCUT2D eigenvalue weighted by Crippen LogP contribution is 2.28. The molecule has 0 unspecified atom stereocenters. The van der Waals surface area contributed by atoms with Gasteiger partial charge in [-0.25, -0.2) is 10.2 Å². The summed E-state index contributed by atoms with van der Waals surface area (Å²) in [6.07, 6.45) is 7.30. The maximum atomic E-state index is 12.4. The first-order valence-electron chi connectivity index (χ1n) is 9.32. The summed E-state index contributed by atoms with van der Waals surface area (Å²) in [5, 5.41) is 4.06. The quantitative estimate of drug-likeness (QED) is 0.353. The van der Waals surface area contributed by atoms with E-state index in [1.165, 1.54) is 35.9 Å². The van der Waals surface area contributed by atoms with Gasteiger partial charge in [-0.05, 0) is 63.6 Å². The van der Waals surface area contributed by atoms with E-state index in [4.69, 9.17) is 4.74 Å². The van der Waals surface area contributed by atoms with Gasteiger partial charge in [0.15, 0.2) is 0 Å². The highest BCUT2D eigenvalue weighted by molar-refractivity contribution is 7.14. The summed E-state index contributed by atoms with van der Waals surface area (Å²) in [5.74, 6) is -0.552. The second kappa shape index (κ2) is 8.52. The van der Waals surface area contributed by atoms with Crippen molar-refractivity contribution < 1.29 is 14.3 Å². The molecule has 144 valence electrons. The van der Waals surface area contributed by atoms with Gasteiger partial charge in [0, 0.05) is 10.6 Å². The summed E-state index contributed by atoms with van der Waals surface area (Å²) in [6.45, 7) is 5.74. The number of aromatic amines is 1. The van der Waals surface area contributed by atoms with E-state index in [1.54, 1.807) is 18.3 Å². The van der Waals surface area contributed by atoms with Crippen LogP contribution < -0.4 is 5.43 Å². The number of carbonyl (C=O) groups excluding carboxylic acids is 2. The fourth-order valence-corrected chi connectivity index (χ4v) is 4.55. The molecule has 0 aromatic carbocycles. The molecule has 7 heteroatoms. The molecule has 1 aliphatic rings. The van der Waals surface area contributed by atoms with Crippen LogP contribution in [0.5, 0.6) is 0 Å². The zero-order valence-electron chi connectivity index (χ0n) is 16.0. The minimum Gasteiger partial charge on any atom is -0.462 e. The van der Waals surface area contributed by atoms with Crippen molar-refractivity contribution in [1.82, 2.24) is 10.4 Å². The van der Waals surface area contributed by atoms with E-state index >= 15 is 0 Å². The molecule has 2 N–H and O–H groups in total. The van der Waals surface area contributed by atoms with Gasteiger partial charge in [-0.15, -0.1) is 11.3 Å². The first kappa shape index (κ1) is 19.4. The third-order valence-corrected chi connectivity index (χ3v) is 6.02. The predicted octanol–water partition coefficient (Wildman–Crippen LogP) is 3.90. The minimum atomic E-state index is -0.354. The largest absolute Gasteiger partial charge is 0.462 e. The number of hydrogen-bond acceptors (Lipinski definition) is 5. The Hall–Kier alpha value is -2.41. The average molecular weight is 388 g/mol. The number of fused-ring (bicyclic) bond motifs is 1. The van der Waals surface area contributed by atoms with Crippen LogP contribution in [-0.2, 0) is 17.6 Å². The summed E-state index contributed by atoms with van der Waals surface area (Å²) in [6, 6.07) is 2.00. The molecule has 1 aliphatic carbocycles. The number of nitrogens with one attached hydrogen (secondary N) is 2. The first-order chi connectivity index (χ1) is 13.0. The lowest BCUT2D eigenvalue weighted by atomic mass is 10.1. The third-order valence-electron chi connectivity index (χ3n) is 4.79. The highest BCUT2D eigenvalue weighted by Gasteiger charge is 2.19. The molecule has 2 aromatic rings. The molecular formula is C20H25N3O3S. The van der Waals surface area contributed by atoms with Crippen LogP contribution in [0.3, 0.4) is 0 Å². The summed E-state index contributed by atoms with van der Waals surface area (Å²) in [5.41, 5.74) is 6.57. The van der Waals surface area contributed by atoms with E-state index in [0.29, 0.717) is 22.7 Å². The van der Waals surface area contributed by atoms with Gasteiger partial charge in [0.05, 0.1) is 29.0 Å². The van der Waals surface area contributed by atoms with E-state index in [1.807, 2.05) is 19.9 Å². The Morgan fingerprint density at radius 3 is 2.85 bits per heavy atom.